The maximum atomic E-state index is 11.8. The lowest BCUT2D eigenvalue weighted by Crippen LogP contribution is -2.42. The summed E-state index contributed by atoms with van der Waals surface area (Å²) in [5.41, 5.74) is 0. The van der Waals surface area contributed by atoms with Gasteiger partial charge in [-0.25, -0.2) is 4.79 Å². The fourth-order valence-corrected chi connectivity index (χ4v) is 2.72. The average molecular weight is 296 g/mol. The number of urea groups is 1. The van der Waals surface area contributed by atoms with Crippen LogP contribution in [0.4, 0.5) is 4.79 Å². The quantitative estimate of drug-likeness (QED) is 0.572. The normalized spacial score (nSPS) is 19.0. The van der Waals surface area contributed by atoms with Crippen molar-refractivity contribution >= 4 is 12.0 Å². The van der Waals surface area contributed by atoms with E-state index in [1.54, 1.807) is 0 Å². The maximum absolute atomic E-state index is 11.8. The van der Waals surface area contributed by atoms with Crippen molar-refractivity contribution in [3.63, 3.8) is 0 Å². The Labute approximate surface area is 127 Å². The zero-order chi connectivity index (χ0) is 15.5. The van der Waals surface area contributed by atoms with Crippen molar-refractivity contribution in [3.8, 4) is 0 Å². The molecule has 0 heterocycles. The van der Waals surface area contributed by atoms with Crippen LogP contribution < -0.4 is 10.6 Å². The van der Waals surface area contributed by atoms with Gasteiger partial charge in [-0.05, 0) is 38.0 Å². The standard InChI is InChI=1S/C16H28N2O3/c1-2-6-13(9-10-15(19)20)11-12-17-16(21)18-14-7-4-3-5-8-14/h3-4,13-14H,2,5-12H2,1H3,(H,19,20)(H2,17,18,21). The number of allylic oxidation sites excluding steroid dienone is 1. The highest BCUT2D eigenvalue weighted by Gasteiger charge is 2.14. The molecule has 0 saturated heterocycles. The molecule has 0 bridgehead atoms. The van der Waals surface area contributed by atoms with E-state index in [2.05, 4.69) is 29.7 Å². The molecule has 120 valence electrons. The molecule has 0 aromatic carbocycles. The number of carbonyl (C=O) groups is 2. The molecule has 0 fully saturated rings. The fourth-order valence-electron chi connectivity index (χ4n) is 2.72. The first kappa shape index (κ1) is 17.5. The summed E-state index contributed by atoms with van der Waals surface area (Å²) in [6.45, 7) is 2.71. The van der Waals surface area contributed by atoms with Crippen LogP contribution in [0, 0.1) is 5.92 Å². The lowest BCUT2D eigenvalue weighted by atomic mass is 9.94. The van der Waals surface area contributed by atoms with Gasteiger partial charge in [0.25, 0.3) is 0 Å². The summed E-state index contributed by atoms with van der Waals surface area (Å²) in [5.74, 6) is -0.365. The van der Waals surface area contributed by atoms with Crippen LogP contribution in [-0.4, -0.2) is 29.7 Å². The van der Waals surface area contributed by atoms with Crippen LogP contribution in [0.15, 0.2) is 12.2 Å². The molecule has 21 heavy (non-hydrogen) atoms. The minimum Gasteiger partial charge on any atom is -0.481 e. The second-order valence-electron chi connectivity index (χ2n) is 5.76. The number of carbonyl (C=O) groups excluding carboxylic acids is 1. The number of amides is 2. The summed E-state index contributed by atoms with van der Waals surface area (Å²) < 4.78 is 0. The predicted molar refractivity (Wildman–Crippen MR) is 83.2 cm³/mol. The largest absolute Gasteiger partial charge is 0.481 e. The van der Waals surface area contributed by atoms with Crippen molar-refractivity contribution in [1.29, 1.82) is 0 Å². The van der Waals surface area contributed by atoms with Crippen LogP contribution in [0.25, 0.3) is 0 Å². The number of aliphatic carboxylic acids is 1. The number of carboxylic acid groups (broad SMARTS) is 1. The highest BCUT2D eigenvalue weighted by molar-refractivity contribution is 5.74. The van der Waals surface area contributed by atoms with Crippen molar-refractivity contribution in [2.75, 3.05) is 6.54 Å². The molecule has 5 heteroatoms. The second kappa shape index (κ2) is 10.2. The highest BCUT2D eigenvalue weighted by Crippen LogP contribution is 2.17. The Morgan fingerprint density at radius 1 is 1.29 bits per heavy atom. The molecule has 2 atom stereocenters. The first-order valence-corrected chi connectivity index (χ1v) is 8.03. The SMILES string of the molecule is CCCC(CCNC(=O)NC1CC=CCC1)CCC(=O)O. The molecule has 0 aliphatic heterocycles. The highest BCUT2D eigenvalue weighted by atomic mass is 16.4. The number of rotatable bonds is 9. The van der Waals surface area contributed by atoms with E-state index in [0.29, 0.717) is 18.9 Å². The Hall–Kier alpha value is -1.52. The molecule has 2 unspecified atom stereocenters. The van der Waals surface area contributed by atoms with Gasteiger partial charge in [0.2, 0.25) is 0 Å². The fraction of sp³-hybridized carbons (Fsp3) is 0.750. The second-order valence-corrected chi connectivity index (χ2v) is 5.76. The van der Waals surface area contributed by atoms with Gasteiger partial charge in [-0.15, -0.1) is 0 Å². The van der Waals surface area contributed by atoms with Gasteiger partial charge in [0, 0.05) is 19.0 Å². The Balaban J connectivity index is 2.17. The maximum Gasteiger partial charge on any atom is 0.315 e. The molecule has 0 spiro atoms. The zero-order valence-electron chi connectivity index (χ0n) is 12.9. The number of hydrogen-bond donors (Lipinski definition) is 3. The van der Waals surface area contributed by atoms with Crippen molar-refractivity contribution < 1.29 is 14.7 Å². The molecule has 0 radical (unpaired) electrons. The third kappa shape index (κ3) is 8.38. The van der Waals surface area contributed by atoms with E-state index in [1.165, 1.54) is 0 Å². The summed E-state index contributed by atoms with van der Waals surface area (Å²) >= 11 is 0. The van der Waals surface area contributed by atoms with Crippen LogP contribution in [0.5, 0.6) is 0 Å². The predicted octanol–water partition coefficient (Wildman–Crippen LogP) is 3.07. The van der Waals surface area contributed by atoms with E-state index in [-0.39, 0.29) is 18.5 Å². The molecule has 0 aromatic heterocycles. The lowest BCUT2D eigenvalue weighted by Gasteiger charge is -2.20. The third-order valence-corrected chi connectivity index (χ3v) is 3.91. The molecule has 2 amide bonds. The Kier molecular flexibility index (Phi) is 8.55. The Morgan fingerprint density at radius 2 is 2.10 bits per heavy atom. The van der Waals surface area contributed by atoms with Crippen molar-refractivity contribution in [1.82, 2.24) is 10.6 Å². The molecular formula is C16H28N2O3. The summed E-state index contributed by atoms with van der Waals surface area (Å²) in [5, 5.41) is 14.6. The van der Waals surface area contributed by atoms with Gasteiger partial charge >= 0.3 is 12.0 Å². The van der Waals surface area contributed by atoms with Gasteiger partial charge in [0.1, 0.15) is 0 Å². The van der Waals surface area contributed by atoms with Gasteiger partial charge < -0.3 is 15.7 Å². The zero-order valence-corrected chi connectivity index (χ0v) is 12.9. The Bertz CT molecular complexity index is 355. The number of carboxylic acids is 1. The summed E-state index contributed by atoms with van der Waals surface area (Å²) in [7, 11) is 0. The monoisotopic (exact) mass is 296 g/mol. The van der Waals surface area contributed by atoms with Crippen LogP contribution >= 0.6 is 0 Å². The molecule has 1 aliphatic carbocycles. The first-order valence-electron chi connectivity index (χ1n) is 8.03. The first-order chi connectivity index (χ1) is 10.1. The van der Waals surface area contributed by atoms with Crippen molar-refractivity contribution in [3.05, 3.63) is 12.2 Å². The number of hydrogen-bond acceptors (Lipinski definition) is 2. The molecule has 1 rings (SSSR count). The summed E-state index contributed by atoms with van der Waals surface area (Å²) in [6, 6.07) is 0.136. The van der Waals surface area contributed by atoms with E-state index in [9.17, 15) is 9.59 Å². The van der Waals surface area contributed by atoms with E-state index in [0.717, 1.165) is 38.5 Å². The minimum atomic E-state index is -0.743. The van der Waals surface area contributed by atoms with Gasteiger partial charge in [-0.1, -0.05) is 31.9 Å². The lowest BCUT2D eigenvalue weighted by molar-refractivity contribution is -0.137. The Morgan fingerprint density at radius 3 is 2.71 bits per heavy atom. The smallest absolute Gasteiger partial charge is 0.315 e. The van der Waals surface area contributed by atoms with Crippen molar-refractivity contribution in [2.45, 2.75) is 64.3 Å². The molecule has 0 aromatic rings. The van der Waals surface area contributed by atoms with Crippen molar-refractivity contribution in [2.24, 2.45) is 5.92 Å². The average Bonchev–Trinajstić information content (AvgIpc) is 2.45. The molecule has 0 saturated carbocycles. The van der Waals surface area contributed by atoms with E-state index in [4.69, 9.17) is 5.11 Å². The minimum absolute atomic E-state index is 0.108. The van der Waals surface area contributed by atoms with Gasteiger partial charge in [-0.2, -0.15) is 0 Å². The van der Waals surface area contributed by atoms with E-state index >= 15 is 0 Å². The van der Waals surface area contributed by atoms with Gasteiger partial charge in [0.05, 0.1) is 0 Å². The van der Waals surface area contributed by atoms with Crippen LogP contribution in [-0.2, 0) is 4.79 Å². The number of nitrogens with one attached hydrogen (secondary N) is 2. The molecule has 1 aliphatic rings. The van der Waals surface area contributed by atoms with Crippen LogP contribution in [0.2, 0.25) is 0 Å². The molecular weight excluding hydrogens is 268 g/mol. The van der Waals surface area contributed by atoms with E-state index in [1.807, 2.05) is 0 Å². The van der Waals surface area contributed by atoms with E-state index < -0.39 is 5.97 Å². The topological polar surface area (TPSA) is 78.4 Å². The van der Waals surface area contributed by atoms with Crippen LogP contribution in [0.1, 0.15) is 58.3 Å². The summed E-state index contributed by atoms with van der Waals surface area (Å²) in [4.78, 5) is 22.4. The van der Waals surface area contributed by atoms with Gasteiger partial charge in [-0.3, -0.25) is 4.79 Å². The van der Waals surface area contributed by atoms with Crippen LogP contribution in [0.3, 0.4) is 0 Å². The molecule has 3 N–H and O–H groups in total. The third-order valence-electron chi connectivity index (χ3n) is 3.91. The summed E-state index contributed by atoms with van der Waals surface area (Å²) in [6.07, 6.45) is 11.0. The van der Waals surface area contributed by atoms with Gasteiger partial charge in [0.15, 0.2) is 0 Å². The molecule has 5 nitrogen and oxygen atoms in total.